The lowest BCUT2D eigenvalue weighted by Gasteiger charge is -2.04. The fourth-order valence-electron chi connectivity index (χ4n) is 3.31. The van der Waals surface area contributed by atoms with Gasteiger partial charge in [0.2, 0.25) is 0 Å². The van der Waals surface area contributed by atoms with E-state index in [2.05, 4.69) is 50.2 Å². The zero-order valence-electron chi connectivity index (χ0n) is 13.3. The Morgan fingerprint density at radius 2 is 2.04 bits per heavy atom. The smallest absolute Gasteiger partial charge is 0.194 e. The van der Waals surface area contributed by atoms with Crippen molar-refractivity contribution >= 4 is 21.9 Å². The minimum Gasteiger partial charge on any atom is -0.306 e. The largest absolute Gasteiger partial charge is 0.306 e. The van der Waals surface area contributed by atoms with Gasteiger partial charge in [-0.3, -0.25) is 9.08 Å². The van der Waals surface area contributed by atoms with Gasteiger partial charge in [-0.2, -0.15) is 5.10 Å². The molecule has 0 N–H and O–H groups in total. The molecule has 0 spiro atoms. The lowest BCUT2D eigenvalue weighted by atomic mass is 10.1. The standard InChI is InChI=1S/C18H14N6S/c1-4-15-19-6-8-22(15)11-12(1)17-16(20-18-23(17)9-10-25-18)14-5-7-24(21-14)13-2-3-13/h1,4-11,13H,2-3H2. The molecule has 0 unspecified atom stereocenters. The third-order valence-corrected chi connectivity index (χ3v) is 5.45. The molecule has 5 aromatic heterocycles. The van der Waals surface area contributed by atoms with Crippen molar-refractivity contribution in [3.05, 3.63) is 54.6 Å². The van der Waals surface area contributed by atoms with Crippen molar-refractivity contribution in [2.75, 3.05) is 0 Å². The third-order valence-electron chi connectivity index (χ3n) is 4.70. The van der Waals surface area contributed by atoms with E-state index >= 15 is 0 Å². The Labute approximate surface area is 147 Å². The fraction of sp³-hybridized carbons (Fsp3) is 0.167. The average molecular weight is 346 g/mol. The van der Waals surface area contributed by atoms with Gasteiger partial charge in [0, 0.05) is 41.9 Å². The maximum absolute atomic E-state index is 4.86. The van der Waals surface area contributed by atoms with E-state index in [1.807, 2.05) is 22.9 Å². The van der Waals surface area contributed by atoms with Gasteiger partial charge < -0.3 is 4.40 Å². The number of nitrogens with zero attached hydrogens (tertiary/aromatic N) is 6. The molecule has 0 aromatic carbocycles. The van der Waals surface area contributed by atoms with Crippen LogP contribution in [0, 0.1) is 0 Å². The second-order valence-corrected chi connectivity index (χ2v) is 7.26. The summed E-state index contributed by atoms with van der Waals surface area (Å²) in [7, 11) is 0. The Morgan fingerprint density at radius 1 is 1.08 bits per heavy atom. The highest BCUT2D eigenvalue weighted by atomic mass is 32.1. The van der Waals surface area contributed by atoms with Gasteiger partial charge in [-0.1, -0.05) is 0 Å². The molecule has 0 amide bonds. The number of hydrogen-bond acceptors (Lipinski definition) is 4. The fourth-order valence-corrected chi connectivity index (χ4v) is 4.02. The summed E-state index contributed by atoms with van der Waals surface area (Å²) in [6, 6.07) is 6.78. The molecule has 7 heteroatoms. The van der Waals surface area contributed by atoms with Crippen molar-refractivity contribution in [1.29, 1.82) is 0 Å². The first-order chi connectivity index (χ1) is 12.4. The summed E-state index contributed by atoms with van der Waals surface area (Å²) in [6.45, 7) is 0. The Morgan fingerprint density at radius 3 is 2.96 bits per heavy atom. The Kier molecular flexibility index (Phi) is 2.56. The number of imidazole rings is 2. The van der Waals surface area contributed by atoms with E-state index in [0.29, 0.717) is 6.04 Å². The van der Waals surface area contributed by atoms with E-state index in [1.54, 1.807) is 11.3 Å². The Hall–Kier alpha value is -2.93. The van der Waals surface area contributed by atoms with Gasteiger partial charge in [-0.25, -0.2) is 9.97 Å². The first-order valence-electron chi connectivity index (χ1n) is 8.31. The van der Waals surface area contributed by atoms with Crippen LogP contribution >= 0.6 is 11.3 Å². The van der Waals surface area contributed by atoms with Gasteiger partial charge in [-0.05, 0) is 31.0 Å². The normalized spacial score (nSPS) is 14.7. The molecule has 0 aliphatic heterocycles. The summed E-state index contributed by atoms with van der Waals surface area (Å²) >= 11 is 1.64. The topological polar surface area (TPSA) is 52.4 Å². The lowest BCUT2D eigenvalue weighted by molar-refractivity contribution is 0.643. The van der Waals surface area contributed by atoms with Crippen molar-refractivity contribution in [3.8, 4) is 22.6 Å². The van der Waals surface area contributed by atoms with Gasteiger partial charge in [0.15, 0.2) is 4.96 Å². The van der Waals surface area contributed by atoms with E-state index in [1.165, 1.54) is 12.8 Å². The molecular formula is C18H14N6S. The van der Waals surface area contributed by atoms with Crippen molar-refractivity contribution in [2.24, 2.45) is 0 Å². The van der Waals surface area contributed by atoms with Gasteiger partial charge in [-0.15, -0.1) is 11.3 Å². The van der Waals surface area contributed by atoms with Crippen molar-refractivity contribution in [2.45, 2.75) is 18.9 Å². The summed E-state index contributed by atoms with van der Waals surface area (Å²) < 4.78 is 6.26. The second-order valence-electron chi connectivity index (χ2n) is 6.39. The molecular weight excluding hydrogens is 332 g/mol. The molecule has 1 saturated carbocycles. The quantitative estimate of drug-likeness (QED) is 0.498. The zero-order chi connectivity index (χ0) is 16.4. The monoisotopic (exact) mass is 346 g/mol. The van der Waals surface area contributed by atoms with E-state index in [-0.39, 0.29) is 0 Å². The van der Waals surface area contributed by atoms with Crippen LogP contribution in [-0.2, 0) is 0 Å². The molecule has 25 heavy (non-hydrogen) atoms. The van der Waals surface area contributed by atoms with Crippen LogP contribution in [0.5, 0.6) is 0 Å². The molecule has 5 heterocycles. The maximum Gasteiger partial charge on any atom is 0.194 e. The Bertz CT molecular complexity index is 1220. The van der Waals surface area contributed by atoms with Crippen LogP contribution in [0.15, 0.2) is 54.6 Å². The molecule has 6 nitrogen and oxygen atoms in total. The van der Waals surface area contributed by atoms with Crippen LogP contribution < -0.4 is 0 Å². The number of aromatic nitrogens is 6. The number of rotatable bonds is 3. The Balaban J connectivity index is 1.59. The van der Waals surface area contributed by atoms with E-state index in [9.17, 15) is 0 Å². The van der Waals surface area contributed by atoms with Crippen molar-refractivity contribution < 1.29 is 0 Å². The number of hydrogen-bond donors (Lipinski definition) is 0. The molecule has 0 atom stereocenters. The maximum atomic E-state index is 4.86. The SMILES string of the molecule is c1cn2cc(-c3c(-c4ccn(C5CC5)n4)nc4sccn34)ccc2n1. The number of thiazole rings is 1. The number of pyridine rings is 1. The minimum absolute atomic E-state index is 0.572. The van der Waals surface area contributed by atoms with Crippen LogP contribution in [-0.4, -0.2) is 28.5 Å². The van der Waals surface area contributed by atoms with Crippen LogP contribution in [0.2, 0.25) is 0 Å². The highest BCUT2D eigenvalue weighted by Gasteiger charge is 2.26. The molecule has 0 saturated heterocycles. The summed E-state index contributed by atoms with van der Waals surface area (Å²) in [5.74, 6) is 0. The first kappa shape index (κ1) is 13.4. The number of fused-ring (bicyclic) bond motifs is 2. The minimum atomic E-state index is 0.572. The highest BCUT2D eigenvalue weighted by molar-refractivity contribution is 7.15. The molecule has 1 aliphatic rings. The van der Waals surface area contributed by atoms with Gasteiger partial charge in [0.25, 0.3) is 0 Å². The third kappa shape index (κ3) is 1.99. The summed E-state index contributed by atoms with van der Waals surface area (Å²) in [4.78, 5) is 10.2. The van der Waals surface area contributed by atoms with Crippen LogP contribution in [0.4, 0.5) is 0 Å². The molecule has 6 rings (SSSR count). The average Bonchev–Trinajstić information content (AvgIpc) is 3.04. The summed E-state index contributed by atoms with van der Waals surface area (Å²) in [5, 5.41) is 6.85. The molecule has 0 radical (unpaired) electrons. The second kappa shape index (κ2) is 4.80. The molecule has 0 bridgehead atoms. The van der Waals surface area contributed by atoms with Gasteiger partial charge >= 0.3 is 0 Å². The predicted molar refractivity (Wildman–Crippen MR) is 96.7 cm³/mol. The van der Waals surface area contributed by atoms with Crippen LogP contribution in [0.3, 0.4) is 0 Å². The molecule has 1 aliphatic carbocycles. The lowest BCUT2D eigenvalue weighted by Crippen LogP contribution is -1.95. The van der Waals surface area contributed by atoms with Crippen molar-refractivity contribution in [3.63, 3.8) is 0 Å². The molecule has 122 valence electrons. The predicted octanol–water partition coefficient (Wildman–Crippen LogP) is 3.91. The zero-order valence-corrected chi connectivity index (χ0v) is 14.1. The summed E-state index contributed by atoms with van der Waals surface area (Å²) in [5.41, 5.74) is 4.99. The molecule has 5 aromatic rings. The highest BCUT2D eigenvalue weighted by Crippen LogP contribution is 2.37. The van der Waals surface area contributed by atoms with Crippen LogP contribution in [0.25, 0.3) is 33.3 Å². The first-order valence-corrected chi connectivity index (χ1v) is 9.19. The van der Waals surface area contributed by atoms with E-state index < -0.39 is 0 Å². The summed E-state index contributed by atoms with van der Waals surface area (Å²) in [6.07, 6.45) is 12.5. The van der Waals surface area contributed by atoms with Gasteiger partial charge in [0.1, 0.15) is 17.0 Å². The van der Waals surface area contributed by atoms with Crippen LogP contribution in [0.1, 0.15) is 18.9 Å². The van der Waals surface area contributed by atoms with E-state index in [0.717, 1.165) is 33.3 Å². The van der Waals surface area contributed by atoms with Crippen molar-refractivity contribution in [1.82, 2.24) is 28.5 Å². The molecule has 1 fully saturated rings. The van der Waals surface area contributed by atoms with E-state index in [4.69, 9.17) is 10.1 Å². The van der Waals surface area contributed by atoms with Gasteiger partial charge in [0.05, 0.1) is 11.7 Å².